The van der Waals surface area contributed by atoms with Gasteiger partial charge < -0.3 is 24.3 Å². The minimum absolute atomic E-state index is 0.0367. The van der Waals surface area contributed by atoms with Crippen LogP contribution in [0, 0.1) is 11.6 Å². The Kier molecular flexibility index (Phi) is 7.98. The van der Waals surface area contributed by atoms with E-state index >= 15 is 0 Å². The molecule has 2 aliphatic rings. The molecule has 0 spiro atoms. The Balaban J connectivity index is 1.49. The standard InChI is InChI=1S/C30H33F2N7O4/c1-3-4-11-43-26-25(27-33-17-20(34-27)14-19-5-6-22(31)23(32)15-19)35-28-24(38-8-7-36(2)30(38)41)16-21(18-39(28)29(26)40)37-9-12-42-13-10-37/h5-6,15-18H,3-4,7-14H2,1-2H3,(H,33,34). The molecule has 4 aromatic rings. The molecule has 0 bridgehead atoms. The first-order chi connectivity index (χ1) is 20.8. The van der Waals surface area contributed by atoms with Crippen LogP contribution in [-0.2, 0) is 11.2 Å². The van der Waals surface area contributed by atoms with Gasteiger partial charge in [-0.05, 0) is 30.2 Å². The average Bonchev–Trinajstić information content (AvgIpc) is 3.61. The van der Waals surface area contributed by atoms with Gasteiger partial charge in [-0.2, -0.15) is 0 Å². The zero-order chi connectivity index (χ0) is 30.1. The lowest BCUT2D eigenvalue weighted by Crippen LogP contribution is -2.37. The number of carbonyl (C=O) groups is 1. The van der Waals surface area contributed by atoms with Crippen molar-refractivity contribution in [2.45, 2.75) is 26.2 Å². The van der Waals surface area contributed by atoms with Crippen molar-refractivity contribution in [1.82, 2.24) is 24.3 Å². The number of nitrogens with one attached hydrogen (secondary N) is 1. The van der Waals surface area contributed by atoms with Crippen LogP contribution in [0.25, 0.3) is 17.2 Å². The van der Waals surface area contributed by atoms with Crippen molar-refractivity contribution in [3.8, 4) is 17.3 Å². The van der Waals surface area contributed by atoms with Crippen molar-refractivity contribution in [3.05, 3.63) is 69.9 Å². The second kappa shape index (κ2) is 12.0. The number of ether oxygens (including phenoxy) is 2. The lowest BCUT2D eigenvalue weighted by atomic mass is 10.1. The second-order valence-corrected chi connectivity index (χ2v) is 10.7. The Morgan fingerprint density at radius 3 is 2.60 bits per heavy atom. The summed E-state index contributed by atoms with van der Waals surface area (Å²) in [6, 6.07) is 5.42. The third kappa shape index (κ3) is 5.64. The number of nitrogens with zero attached hydrogens (tertiary/aromatic N) is 6. The maximum absolute atomic E-state index is 14.2. The van der Waals surface area contributed by atoms with E-state index in [0.717, 1.165) is 30.7 Å². The molecule has 43 heavy (non-hydrogen) atoms. The molecule has 2 fully saturated rings. The van der Waals surface area contributed by atoms with E-state index < -0.39 is 17.2 Å². The van der Waals surface area contributed by atoms with Crippen molar-refractivity contribution in [2.75, 3.05) is 62.8 Å². The number of likely N-dealkylation sites (N-methyl/N-ethyl adjacent to an activating group) is 1. The van der Waals surface area contributed by atoms with E-state index in [4.69, 9.17) is 14.5 Å². The molecule has 0 atom stereocenters. The summed E-state index contributed by atoms with van der Waals surface area (Å²) in [6.45, 7) is 5.71. The molecular formula is C30H33F2N7O4. The highest BCUT2D eigenvalue weighted by atomic mass is 19.2. The highest BCUT2D eigenvalue weighted by molar-refractivity contribution is 5.98. The molecular weight excluding hydrogens is 560 g/mol. The number of amides is 2. The van der Waals surface area contributed by atoms with Gasteiger partial charge in [0.05, 0.1) is 31.2 Å². The number of benzene rings is 1. The minimum atomic E-state index is -0.931. The number of rotatable bonds is 9. The quantitative estimate of drug-likeness (QED) is 0.294. The van der Waals surface area contributed by atoms with Gasteiger partial charge in [0.1, 0.15) is 0 Å². The molecule has 0 aliphatic carbocycles. The number of hydrogen-bond donors (Lipinski definition) is 1. The molecule has 2 saturated heterocycles. The van der Waals surface area contributed by atoms with E-state index in [1.165, 1.54) is 10.5 Å². The molecule has 1 N–H and O–H groups in total. The van der Waals surface area contributed by atoms with Gasteiger partial charge in [0, 0.05) is 57.7 Å². The van der Waals surface area contributed by atoms with Crippen LogP contribution in [0.5, 0.6) is 5.75 Å². The van der Waals surface area contributed by atoms with Crippen molar-refractivity contribution in [2.24, 2.45) is 0 Å². The maximum Gasteiger partial charge on any atom is 0.324 e. The number of fused-ring (bicyclic) bond motifs is 1. The van der Waals surface area contributed by atoms with Crippen LogP contribution in [0.3, 0.4) is 0 Å². The molecule has 13 heteroatoms. The highest BCUT2D eigenvalue weighted by Gasteiger charge is 2.31. The predicted molar refractivity (Wildman–Crippen MR) is 157 cm³/mol. The SMILES string of the molecule is CCCCOc1c(-c2ncc(Cc3ccc(F)c(F)c3)[nH]2)nc2c(N3CCN(C)C3=O)cc(N3CCOCC3)cn2c1=O. The van der Waals surface area contributed by atoms with Crippen molar-refractivity contribution >= 4 is 23.1 Å². The van der Waals surface area contributed by atoms with Crippen LogP contribution in [0.4, 0.5) is 25.0 Å². The zero-order valence-corrected chi connectivity index (χ0v) is 24.1. The van der Waals surface area contributed by atoms with Gasteiger partial charge in [-0.1, -0.05) is 19.4 Å². The fourth-order valence-electron chi connectivity index (χ4n) is 5.30. The summed E-state index contributed by atoms with van der Waals surface area (Å²) in [4.78, 5) is 45.2. The molecule has 5 heterocycles. The molecule has 0 radical (unpaired) electrons. The van der Waals surface area contributed by atoms with Crippen LogP contribution < -0.4 is 20.1 Å². The average molecular weight is 594 g/mol. The predicted octanol–water partition coefficient (Wildman–Crippen LogP) is 3.84. The number of hydrogen-bond acceptors (Lipinski definition) is 7. The second-order valence-electron chi connectivity index (χ2n) is 10.7. The van der Waals surface area contributed by atoms with Gasteiger partial charge in [-0.15, -0.1) is 0 Å². The number of unbranched alkanes of at least 4 members (excludes halogenated alkanes) is 1. The normalized spacial score (nSPS) is 15.6. The summed E-state index contributed by atoms with van der Waals surface area (Å²) < 4.78 is 40.3. The van der Waals surface area contributed by atoms with Gasteiger partial charge in [0.25, 0.3) is 0 Å². The number of urea groups is 1. The number of carbonyl (C=O) groups excluding carboxylic acids is 1. The van der Waals surface area contributed by atoms with Crippen LogP contribution >= 0.6 is 0 Å². The number of pyridine rings is 1. The number of aromatic amines is 1. The van der Waals surface area contributed by atoms with Gasteiger partial charge >= 0.3 is 11.6 Å². The zero-order valence-electron chi connectivity index (χ0n) is 24.1. The molecule has 6 rings (SSSR count). The van der Waals surface area contributed by atoms with E-state index in [-0.39, 0.29) is 29.7 Å². The van der Waals surface area contributed by atoms with E-state index in [9.17, 15) is 18.4 Å². The minimum Gasteiger partial charge on any atom is -0.486 e. The lowest BCUT2D eigenvalue weighted by Gasteiger charge is -2.30. The Hall–Kier alpha value is -4.52. The number of morpholine rings is 1. The Morgan fingerprint density at radius 2 is 1.88 bits per heavy atom. The number of aromatic nitrogens is 4. The summed E-state index contributed by atoms with van der Waals surface area (Å²) in [5.41, 5.74) is 2.52. The molecule has 0 saturated carbocycles. The van der Waals surface area contributed by atoms with Crippen molar-refractivity contribution in [1.29, 1.82) is 0 Å². The van der Waals surface area contributed by atoms with E-state index in [2.05, 4.69) is 14.9 Å². The molecule has 2 amide bonds. The van der Waals surface area contributed by atoms with Gasteiger partial charge in [-0.3, -0.25) is 14.1 Å². The number of anilines is 2. The van der Waals surface area contributed by atoms with Gasteiger partial charge in [-0.25, -0.2) is 23.5 Å². The molecule has 1 aromatic carbocycles. The third-order valence-corrected chi connectivity index (χ3v) is 7.71. The molecule has 2 aliphatic heterocycles. The van der Waals surface area contributed by atoms with Gasteiger partial charge in [0.2, 0.25) is 5.75 Å². The van der Waals surface area contributed by atoms with Crippen LogP contribution in [0.1, 0.15) is 31.0 Å². The Labute approximate surface area is 246 Å². The number of H-pyrrole nitrogens is 1. The first-order valence-corrected chi connectivity index (χ1v) is 14.4. The monoisotopic (exact) mass is 593 g/mol. The largest absolute Gasteiger partial charge is 0.486 e. The first kappa shape index (κ1) is 28.6. The van der Waals surface area contributed by atoms with E-state index in [0.29, 0.717) is 68.6 Å². The smallest absolute Gasteiger partial charge is 0.324 e. The summed E-state index contributed by atoms with van der Waals surface area (Å²) in [6.07, 6.45) is 5.15. The Bertz CT molecular complexity index is 1720. The van der Waals surface area contributed by atoms with Crippen LogP contribution in [0.2, 0.25) is 0 Å². The van der Waals surface area contributed by atoms with Crippen molar-refractivity contribution in [3.63, 3.8) is 0 Å². The number of imidazole rings is 1. The van der Waals surface area contributed by atoms with Gasteiger partial charge in [0.15, 0.2) is 28.8 Å². The fourth-order valence-corrected chi connectivity index (χ4v) is 5.30. The third-order valence-electron chi connectivity index (χ3n) is 7.71. The summed E-state index contributed by atoms with van der Waals surface area (Å²) >= 11 is 0. The lowest BCUT2D eigenvalue weighted by molar-refractivity contribution is 0.122. The Morgan fingerprint density at radius 1 is 1.07 bits per heavy atom. The number of halogens is 2. The molecule has 226 valence electrons. The first-order valence-electron chi connectivity index (χ1n) is 14.4. The van der Waals surface area contributed by atoms with Crippen LogP contribution in [-0.4, -0.2) is 83.3 Å². The molecule has 0 unspecified atom stereocenters. The maximum atomic E-state index is 14.2. The highest BCUT2D eigenvalue weighted by Crippen LogP contribution is 2.32. The van der Waals surface area contributed by atoms with Crippen molar-refractivity contribution < 1.29 is 23.0 Å². The summed E-state index contributed by atoms with van der Waals surface area (Å²) in [5.74, 6) is -1.52. The fraction of sp³-hybridized carbons (Fsp3) is 0.400. The topological polar surface area (TPSA) is 108 Å². The summed E-state index contributed by atoms with van der Waals surface area (Å²) in [7, 11) is 1.73. The van der Waals surface area contributed by atoms with E-state index in [1.807, 2.05) is 13.0 Å². The van der Waals surface area contributed by atoms with Crippen LogP contribution in [0.15, 0.2) is 41.5 Å². The molecule has 3 aromatic heterocycles. The summed E-state index contributed by atoms with van der Waals surface area (Å²) in [5, 5.41) is 0. The van der Waals surface area contributed by atoms with E-state index in [1.54, 1.807) is 29.2 Å². The molecule has 11 nitrogen and oxygen atoms in total.